The molecular formula is C10H27O6P2S2Zn-. The first-order valence-corrected chi connectivity index (χ1v) is 11.6. The predicted octanol–water partition coefficient (Wildman–Crippen LogP) is 2.33. The molecule has 0 saturated heterocycles. The van der Waals surface area contributed by atoms with Gasteiger partial charge in [-0.15, -0.1) is 0 Å². The first-order chi connectivity index (χ1) is 8.91. The van der Waals surface area contributed by atoms with Gasteiger partial charge in [-0.2, -0.15) is 12.8 Å². The van der Waals surface area contributed by atoms with Crippen LogP contribution in [0.4, 0.5) is 0 Å². The molecule has 6 nitrogen and oxygen atoms in total. The molecule has 0 saturated carbocycles. The van der Waals surface area contributed by atoms with Crippen molar-refractivity contribution in [1.29, 1.82) is 0 Å². The van der Waals surface area contributed by atoms with Crippen LogP contribution in [0, 0.1) is 6.42 Å². The quantitative estimate of drug-likeness (QED) is 0.156. The van der Waals surface area contributed by atoms with Crippen LogP contribution in [-0.2, 0) is 43.1 Å². The van der Waals surface area contributed by atoms with Crippen molar-refractivity contribution < 1.29 is 48.8 Å². The van der Waals surface area contributed by atoms with Crippen molar-refractivity contribution in [1.82, 2.24) is 0 Å². The van der Waals surface area contributed by atoms with Gasteiger partial charge in [0.1, 0.15) is 0 Å². The standard InChI is InChI=1S/C10H21.2H3O3PS.Zn/c1-3-5-7-9-10-8-6-4-2;2*1-4(2,3)5;/h9H,3-8,10H2,1-2H3;2*(H3,1,2,3,5);/q-1;;;. The average Bonchev–Trinajstić information content (AvgIpc) is 2.18. The maximum atomic E-state index is 7.56. The number of hydrogen-bond donors (Lipinski definition) is 6. The van der Waals surface area contributed by atoms with Gasteiger partial charge in [0.25, 0.3) is 0 Å². The summed E-state index contributed by atoms with van der Waals surface area (Å²) in [7, 11) is 0. The Morgan fingerprint density at radius 3 is 1.29 bits per heavy atom. The Morgan fingerprint density at radius 2 is 1.00 bits per heavy atom. The van der Waals surface area contributed by atoms with E-state index in [1.807, 2.05) is 0 Å². The Morgan fingerprint density at radius 1 is 0.714 bits per heavy atom. The molecule has 0 rings (SSSR count). The van der Waals surface area contributed by atoms with E-state index in [0.717, 1.165) is 0 Å². The third kappa shape index (κ3) is 111. The molecule has 0 heterocycles. The van der Waals surface area contributed by atoms with Gasteiger partial charge in [-0.05, 0) is 23.6 Å². The Hall–Kier alpha value is 1.68. The summed E-state index contributed by atoms with van der Waals surface area (Å²) in [5, 5.41) is 0. The Labute approximate surface area is 150 Å². The largest absolute Gasteiger partial charge is 0.328 e. The van der Waals surface area contributed by atoms with Crippen molar-refractivity contribution in [2.24, 2.45) is 0 Å². The maximum Gasteiger partial charge on any atom is 0.319 e. The Kier molecular flexibility index (Phi) is 28.7. The van der Waals surface area contributed by atoms with Crippen molar-refractivity contribution in [3.05, 3.63) is 6.42 Å². The van der Waals surface area contributed by atoms with Gasteiger partial charge >= 0.3 is 13.4 Å². The van der Waals surface area contributed by atoms with E-state index >= 15 is 0 Å². The molecule has 0 fully saturated rings. The van der Waals surface area contributed by atoms with Crippen LogP contribution in [0.3, 0.4) is 0 Å². The molecule has 0 unspecified atom stereocenters. The SMILES string of the molecule is CCCC[CH-]CCCCC.OP(O)(O)=S.OP(O)(O)=S.[Zn]. The summed E-state index contributed by atoms with van der Waals surface area (Å²) in [5.41, 5.74) is 0. The first-order valence-electron chi connectivity index (χ1n) is 6.30. The molecule has 0 aliphatic rings. The summed E-state index contributed by atoms with van der Waals surface area (Å²) < 4.78 is 0. The molecule has 21 heavy (non-hydrogen) atoms. The fourth-order valence-corrected chi connectivity index (χ4v) is 1.03. The fourth-order valence-electron chi connectivity index (χ4n) is 1.03. The topological polar surface area (TPSA) is 121 Å². The van der Waals surface area contributed by atoms with Crippen LogP contribution in [0.5, 0.6) is 0 Å². The average molecular weight is 435 g/mol. The summed E-state index contributed by atoms with van der Waals surface area (Å²) >= 11 is 7.21. The molecule has 0 aromatic heterocycles. The summed E-state index contributed by atoms with van der Waals surface area (Å²) in [4.78, 5) is 45.3. The van der Waals surface area contributed by atoms with Gasteiger partial charge in [0.15, 0.2) is 0 Å². The Balaban J connectivity index is -0.000000112. The molecule has 0 spiro atoms. The molecule has 0 aliphatic heterocycles. The van der Waals surface area contributed by atoms with Crippen molar-refractivity contribution >= 4 is 37.1 Å². The summed E-state index contributed by atoms with van der Waals surface area (Å²) in [5.74, 6) is 0. The van der Waals surface area contributed by atoms with Crippen LogP contribution in [0.2, 0.25) is 0 Å². The van der Waals surface area contributed by atoms with E-state index in [-0.39, 0.29) is 19.5 Å². The van der Waals surface area contributed by atoms with Gasteiger partial charge in [0, 0.05) is 19.5 Å². The molecule has 0 aliphatic carbocycles. The molecule has 11 heteroatoms. The van der Waals surface area contributed by atoms with Gasteiger partial charge in [-0.1, -0.05) is 46.0 Å². The van der Waals surface area contributed by atoms with Gasteiger partial charge in [-0.3, -0.25) is 0 Å². The zero-order chi connectivity index (χ0) is 16.7. The van der Waals surface area contributed by atoms with Crippen LogP contribution < -0.4 is 0 Å². The third-order valence-electron chi connectivity index (χ3n) is 1.77. The zero-order valence-corrected chi connectivity index (χ0v) is 19.0. The predicted molar refractivity (Wildman–Crippen MR) is 89.8 cm³/mol. The van der Waals surface area contributed by atoms with Crippen molar-refractivity contribution in [2.45, 2.75) is 58.8 Å². The number of hydrogen-bond acceptors (Lipinski definition) is 2. The number of rotatable bonds is 7. The smallest absolute Gasteiger partial charge is 0.319 e. The zero-order valence-electron chi connectivity index (χ0n) is 12.6. The molecule has 0 atom stereocenters. The van der Waals surface area contributed by atoms with E-state index in [1.165, 1.54) is 44.9 Å². The molecular weight excluding hydrogens is 408 g/mol. The van der Waals surface area contributed by atoms with E-state index in [9.17, 15) is 0 Å². The summed E-state index contributed by atoms with van der Waals surface area (Å²) in [6.45, 7) is -3.11. The molecule has 0 aromatic carbocycles. The third-order valence-corrected chi connectivity index (χ3v) is 1.77. The fraction of sp³-hybridized carbons (Fsp3) is 0.900. The van der Waals surface area contributed by atoms with Gasteiger partial charge in [-0.25, -0.2) is 0 Å². The van der Waals surface area contributed by atoms with E-state index in [4.69, 9.17) is 29.4 Å². The van der Waals surface area contributed by atoms with Crippen molar-refractivity contribution in [3.8, 4) is 0 Å². The van der Waals surface area contributed by atoms with Crippen molar-refractivity contribution in [3.63, 3.8) is 0 Å². The molecule has 0 aromatic rings. The van der Waals surface area contributed by atoms with Crippen LogP contribution in [0.1, 0.15) is 58.8 Å². The summed E-state index contributed by atoms with van der Waals surface area (Å²) in [6, 6.07) is 0. The minimum Gasteiger partial charge on any atom is -0.328 e. The molecule has 0 amide bonds. The summed E-state index contributed by atoms with van der Waals surface area (Å²) in [6.07, 6.45) is 12.0. The number of unbranched alkanes of at least 4 members (excludes halogenated alkanes) is 7. The second-order valence-corrected chi connectivity index (χ2v) is 8.95. The van der Waals surface area contributed by atoms with Crippen LogP contribution >= 0.6 is 13.4 Å². The monoisotopic (exact) mass is 433 g/mol. The van der Waals surface area contributed by atoms with E-state index in [1.54, 1.807) is 0 Å². The van der Waals surface area contributed by atoms with E-state index in [0.29, 0.717) is 0 Å². The van der Waals surface area contributed by atoms with Gasteiger partial charge in [0.05, 0.1) is 0 Å². The molecule has 6 N–H and O–H groups in total. The van der Waals surface area contributed by atoms with Gasteiger partial charge < -0.3 is 35.8 Å². The second kappa shape index (κ2) is 19.7. The molecule has 0 radical (unpaired) electrons. The van der Waals surface area contributed by atoms with Gasteiger partial charge in [0.2, 0.25) is 0 Å². The van der Waals surface area contributed by atoms with E-state index < -0.39 is 13.4 Å². The van der Waals surface area contributed by atoms with Crippen LogP contribution in [0.25, 0.3) is 0 Å². The maximum absolute atomic E-state index is 7.56. The Bertz CT molecular complexity index is 240. The second-order valence-electron chi connectivity index (χ2n) is 3.95. The van der Waals surface area contributed by atoms with E-state index in [2.05, 4.69) is 43.9 Å². The molecule has 0 bridgehead atoms. The minimum atomic E-state index is -3.81. The minimum absolute atomic E-state index is 0. The normalized spacial score (nSPS) is 10.5. The van der Waals surface area contributed by atoms with Crippen LogP contribution in [-0.4, -0.2) is 29.4 Å². The van der Waals surface area contributed by atoms with Crippen molar-refractivity contribution in [2.75, 3.05) is 0 Å². The molecule has 128 valence electrons. The first kappa shape index (κ1) is 30.6. The van der Waals surface area contributed by atoms with Crippen LogP contribution in [0.15, 0.2) is 0 Å².